The van der Waals surface area contributed by atoms with Crippen molar-refractivity contribution in [1.29, 1.82) is 0 Å². The number of halogens is 1. The number of carbonyl (C=O) groups is 1. The van der Waals surface area contributed by atoms with Gasteiger partial charge in [-0.25, -0.2) is 9.37 Å². The molecule has 3 rings (SSSR count). The lowest BCUT2D eigenvalue weighted by Crippen LogP contribution is -2.19. The summed E-state index contributed by atoms with van der Waals surface area (Å²) in [5.74, 6) is -0.195. The minimum atomic E-state index is -0.533. The van der Waals surface area contributed by atoms with E-state index in [-0.39, 0.29) is 5.56 Å². The molecule has 2 aromatic rings. The molecule has 0 radical (unpaired) electrons. The van der Waals surface area contributed by atoms with Gasteiger partial charge in [-0.15, -0.1) is 0 Å². The van der Waals surface area contributed by atoms with E-state index in [1.165, 1.54) is 50.7 Å². The number of rotatable bonds is 4. The molecule has 5 heteroatoms. The third-order valence-corrected chi connectivity index (χ3v) is 4.35. The van der Waals surface area contributed by atoms with E-state index in [4.69, 9.17) is 0 Å². The summed E-state index contributed by atoms with van der Waals surface area (Å²) in [4.78, 5) is 16.4. The summed E-state index contributed by atoms with van der Waals surface area (Å²) in [7, 11) is 0. The number of benzene rings is 1. The van der Waals surface area contributed by atoms with Crippen LogP contribution in [0.25, 0.3) is 0 Å². The zero-order valence-corrected chi connectivity index (χ0v) is 13.6. The van der Waals surface area contributed by atoms with Crippen molar-refractivity contribution < 1.29 is 9.18 Å². The monoisotopic (exact) mass is 327 g/mol. The van der Waals surface area contributed by atoms with E-state index in [0.29, 0.717) is 11.7 Å². The van der Waals surface area contributed by atoms with Gasteiger partial charge in [-0.1, -0.05) is 37.8 Å². The largest absolute Gasteiger partial charge is 0.367 e. The second-order valence-corrected chi connectivity index (χ2v) is 6.20. The van der Waals surface area contributed by atoms with Crippen LogP contribution in [0.4, 0.5) is 15.9 Å². The average molecular weight is 327 g/mol. The highest BCUT2D eigenvalue weighted by Crippen LogP contribution is 2.21. The Bertz CT molecular complexity index is 679. The molecule has 2 N–H and O–H groups in total. The van der Waals surface area contributed by atoms with Crippen LogP contribution in [0.5, 0.6) is 0 Å². The van der Waals surface area contributed by atoms with Crippen LogP contribution in [0.15, 0.2) is 42.6 Å². The molecule has 4 nitrogen and oxygen atoms in total. The standard InChI is InChI=1S/C19H22FN3O/c20-17-10-6-5-9-16(17)19(24)23-15-11-12-18(21-13-15)22-14-7-3-1-2-4-8-14/h5-6,9-14H,1-4,7-8H2,(H,21,22)(H,23,24). The third kappa shape index (κ3) is 4.31. The molecule has 1 fully saturated rings. The first-order chi connectivity index (χ1) is 11.7. The molecule has 126 valence electrons. The lowest BCUT2D eigenvalue weighted by molar-refractivity contribution is 0.102. The second kappa shape index (κ2) is 7.90. The minimum absolute atomic E-state index is 0.0261. The van der Waals surface area contributed by atoms with Crippen molar-refractivity contribution in [2.45, 2.75) is 44.6 Å². The van der Waals surface area contributed by atoms with Crippen molar-refractivity contribution in [3.05, 3.63) is 54.0 Å². The van der Waals surface area contributed by atoms with Gasteiger partial charge in [0.05, 0.1) is 17.4 Å². The van der Waals surface area contributed by atoms with Gasteiger partial charge in [-0.05, 0) is 37.1 Å². The number of carbonyl (C=O) groups excluding carboxylic acids is 1. The maximum atomic E-state index is 13.6. The fourth-order valence-electron chi connectivity index (χ4n) is 3.03. The highest BCUT2D eigenvalue weighted by molar-refractivity contribution is 6.04. The summed E-state index contributed by atoms with van der Waals surface area (Å²) in [6.45, 7) is 0. The van der Waals surface area contributed by atoms with E-state index >= 15 is 0 Å². The number of pyridine rings is 1. The predicted molar refractivity (Wildman–Crippen MR) is 93.7 cm³/mol. The van der Waals surface area contributed by atoms with Crippen LogP contribution in [0, 0.1) is 5.82 Å². The van der Waals surface area contributed by atoms with Crippen molar-refractivity contribution in [3.8, 4) is 0 Å². The zero-order valence-electron chi connectivity index (χ0n) is 13.6. The summed E-state index contributed by atoms with van der Waals surface area (Å²) in [6, 6.07) is 10.0. The number of nitrogens with zero attached hydrogens (tertiary/aromatic N) is 1. The fraction of sp³-hybridized carbons (Fsp3) is 0.368. The Morgan fingerprint density at radius 3 is 2.46 bits per heavy atom. The second-order valence-electron chi connectivity index (χ2n) is 6.20. The summed E-state index contributed by atoms with van der Waals surface area (Å²) < 4.78 is 13.6. The van der Waals surface area contributed by atoms with Crippen LogP contribution in [-0.2, 0) is 0 Å². The lowest BCUT2D eigenvalue weighted by Gasteiger charge is -2.17. The number of hydrogen-bond donors (Lipinski definition) is 2. The summed E-state index contributed by atoms with van der Waals surface area (Å²) in [6.07, 6.45) is 9.08. The third-order valence-electron chi connectivity index (χ3n) is 4.35. The summed E-state index contributed by atoms with van der Waals surface area (Å²) in [5, 5.41) is 6.13. The average Bonchev–Trinajstić information content (AvgIpc) is 2.86. The number of amides is 1. The zero-order chi connectivity index (χ0) is 16.8. The van der Waals surface area contributed by atoms with E-state index < -0.39 is 11.7 Å². The molecule has 0 unspecified atom stereocenters. The molecule has 1 aliphatic carbocycles. The molecule has 0 aliphatic heterocycles. The van der Waals surface area contributed by atoms with Crippen LogP contribution in [0.1, 0.15) is 48.9 Å². The molecule has 1 aromatic carbocycles. The van der Waals surface area contributed by atoms with Crippen LogP contribution in [-0.4, -0.2) is 16.9 Å². The predicted octanol–water partition coefficient (Wildman–Crippen LogP) is 4.61. The van der Waals surface area contributed by atoms with Crippen LogP contribution in [0.2, 0.25) is 0 Å². The van der Waals surface area contributed by atoms with Crippen LogP contribution >= 0.6 is 0 Å². The Balaban J connectivity index is 1.60. The Morgan fingerprint density at radius 1 is 1.04 bits per heavy atom. The van der Waals surface area contributed by atoms with Gasteiger partial charge in [0.25, 0.3) is 5.91 Å². The highest BCUT2D eigenvalue weighted by Gasteiger charge is 2.13. The van der Waals surface area contributed by atoms with E-state index in [1.54, 1.807) is 24.4 Å². The van der Waals surface area contributed by atoms with Gasteiger partial charge in [-0.2, -0.15) is 0 Å². The molecular weight excluding hydrogens is 305 g/mol. The van der Waals surface area contributed by atoms with Gasteiger partial charge in [0.15, 0.2) is 0 Å². The SMILES string of the molecule is O=C(Nc1ccc(NC2CCCCCC2)nc1)c1ccccc1F. The van der Waals surface area contributed by atoms with E-state index in [9.17, 15) is 9.18 Å². The molecule has 1 amide bonds. The topological polar surface area (TPSA) is 54.0 Å². The Morgan fingerprint density at radius 2 is 1.79 bits per heavy atom. The number of nitrogens with one attached hydrogen (secondary N) is 2. The Kier molecular flexibility index (Phi) is 5.41. The first kappa shape index (κ1) is 16.4. The van der Waals surface area contributed by atoms with Gasteiger partial charge in [0, 0.05) is 6.04 Å². The van der Waals surface area contributed by atoms with E-state index in [2.05, 4.69) is 15.6 Å². The molecule has 1 aromatic heterocycles. The minimum Gasteiger partial charge on any atom is -0.367 e. The quantitative estimate of drug-likeness (QED) is 0.806. The smallest absolute Gasteiger partial charge is 0.258 e. The molecule has 1 aliphatic rings. The fourth-order valence-corrected chi connectivity index (χ4v) is 3.03. The number of anilines is 2. The first-order valence-electron chi connectivity index (χ1n) is 8.51. The van der Waals surface area contributed by atoms with Gasteiger partial charge >= 0.3 is 0 Å². The molecule has 0 bridgehead atoms. The van der Waals surface area contributed by atoms with E-state index in [1.807, 2.05) is 6.07 Å². The van der Waals surface area contributed by atoms with Crippen LogP contribution < -0.4 is 10.6 Å². The molecule has 0 atom stereocenters. The normalized spacial score (nSPS) is 15.5. The van der Waals surface area contributed by atoms with Crippen molar-refractivity contribution >= 4 is 17.4 Å². The molecule has 1 heterocycles. The van der Waals surface area contributed by atoms with E-state index in [0.717, 1.165) is 5.82 Å². The molecule has 1 saturated carbocycles. The maximum absolute atomic E-state index is 13.6. The molecule has 0 spiro atoms. The Hall–Kier alpha value is -2.43. The molecule has 24 heavy (non-hydrogen) atoms. The maximum Gasteiger partial charge on any atom is 0.258 e. The Labute approximate surface area is 141 Å². The first-order valence-corrected chi connectivity index (χ1v) is 8.51. The van der Waals surface area contributed by atoms with Gasteiger partial charge in [0.1, 0.15) is 11.6 Å². The van der Waals surface area contributed by atoms with Crippen molar-refractivity contribution in [1.82, 2.24) is 4.98 Å². The van der Waals surface area contributed by atoms with Crippen molar-refractivity contribution in [2.24, 2.45) is 0 Å². The number of hydrogen-bond acceptors (Lipinski definition) is 3. The number of aromatic nitrogens is 1. The molecule has 0 saturated heterocycles. The molecular formula is C19H22FN3O. The summed E-state index contributed by atoms with van der Waals surface area (Å²) >= 11 is 0. The summed E-state index contributed by atoms with van der Waals surface area (Å²) in [5.41, 5.74) is 0.577. The highest BCUT2D eigenvalue weighted by atomic mass is 19.1. The van der Waals surface area contributed by atoms with Gasteiger partial charge in [0.2, 0.25) is 0 Å². The van der Waals surface area contributed by atoms with Gasteiger partial charge < -0.3 is 10.6 Å². The van der Waals surface area contributed by atoms with Gasteiger partial charge in [-0.3, -0.25) is 4.79 Å². The van der Waals surface area contributed by atoms with Crippen LogP contribution in [0.3, 0.4) is 0 Å². The van der Waals surface area contributed by atoms with Crippen molar-refractivity contribution in [3.63, 3.8) is 0 Å². The lowest BCUT2D eigenvalue weighted by atomic mass is 10.1. The van der Waals surface area contributed by atoms with Crippen molar-refractivity contribution in [2.75, 3.05) is 10.6 Å².